The van der Waals surface area contributed by atoms with Crippen LogP contribution in [0.2, 0.25) is 0 Å². The van der Waals surface area contributed by atoms with Crippen LogP contribution in [0.15, 0.2) is 58.2 Å². The molecular formula is C22H16F5N3O2S. The predicted molar refractivity (Wildman–Crippen MR) is 116 cm³/mol. The number of hydrogen-bond donors (Lipinski definition) is 1. The molecule has 11 heteroatoms. The largest absolute Gasteiger partial charge is 0.434 e. The van der Waals surface area contributed by atoms with Crippen molar-refractivity contribution in [3.8, 4) is 11.3 Å². The van der Waals surface area contributed by atoms with Crippen molar-refractivity contribution in [1.29, 1.82) is 0 Å². The number of alkyl halides is 3. The second-order valence-corrected chi connectivity index (χ2v) is 7.46. The van der Waals surface area contributed by atoms with E-state index in [4.69, 9.17) is 10.3 Å². The molecule has 2 aromatic carbocycles. The maximum absolute atomic E-state index is 14.6. The summed E-state index contributed by atoms with van der Waals surface area (Å²) in [5, 5.41) is 2.98. The maximum Gasteiger partial charge on any atom is 0.434 e. The minimum atomic E-state index is -5.07. The number of carbonyl (C=O) groups excluding carboxylic acids is 1. The van der Waals surface area contributed by atoms with Crippen molar-refractivity contribution >= 4 is 33.8 Å². The first-order chi connectivity index (χ1) is 15.6. The van der Waals surface area contributed by atoms with Crippen LogP contribution in [0.5, 0.6) is 0 Å². The third kappa shape index (κ3) is 4.98. The Kier molecular flexibility index (Phi) is 7.01. The fraction of sp³-hybridized carbons (Fsp3) is 0.136. The van der Waals surface area contributed by atoms with Gasteiger partial charge in [-0.1, -0.05) is 35.1 Å². The molecule has 0 fully saturated rings. The molecule has 0 saturated carbocycles. The molecule has 0 aliphatic carbocycles. The Morgan fingerprint density at radius 1 is 1.18 bits per heavy atom. The Balaban J connectivity index is 2.29. The molecular weight excluding hydrogens is 465 g/mol. The van der Waals surface area contributed by atoms with Gasteiger partial charge in [-0.2, -0.15) is 13.2 Å². The summed E-state index contributed by atoms with van der Waals surface area (Å²) in [5.41, 5.74) is 2.42. The lowest BCUT2D eigenvalue weighted by Gasteiger charge is -2.13. The summed E-state index contributed by atoms with van der Waals surface area (Å²) in [4.78, 5) is 16.2. The van der Waals surface area contributed by atoms with Crippen molar-refractivity contribution in [2.24, 2.45) is 10.7 Å². The molecule has 0 atom stereocenters. The van der Waals surface area contributed by atoms with Gasteiger partial charge in [0.15, 0.2) is 11.5 Å². The van der Waals surface area contributed by atoms with Gasteiger partial charge in [0, 0.05) is 11.8 Å². The van der Waals surface area contributed by atoms with Crippen molar-refractivity contribution in [3.05, 3.63) is 77.2 Å². The van der Waals surface area contributed by atoms with Gasteiger partial charge in [0.25, 0.3) is 0 Å². The summed E-state index contributed by atoms with van der Waals surface area (Å²) in [6.07, 6.45) is -3.12. The van der Waals surface area contributed by atoms with Crippen LogP contribution >= 0.6 is 11.8 Å². The van der Waals surface area contributed by atoms with Crippen molar-refractivity contribution in [2.45, 2.75) is 13.1 Å². The van der Waals surface area contributed by atoms with Gasteiger partial charge in [0.2, 0.25) is 5.12 Å². The van der Waals surface area contributed by atoms with Crippen molar-refractivity contribution in [3.63, 3.8) is 0 Å². The third-order valence-corrected chi connectivity index (χ3v) is 5.10. The summed E-state index contributed by atoms with van der Waals surface area (Å²) < 4.78 is 75.1. The first-order valence-corrected chi connectivity index (χ1v) is 10.5. The molecule has 33 heavy (non-hydrogen) atoms. The fourth-order valence-corrected chi connectivity index (χ4v) is 3.47. The van der Waals surface area contributed by atoms with Crippen molar-refractivity contribution < 1.29 is 31.3 Å². The molecule has 172 valence electrons. The Bertz CT molecular complexity index is 1240. The topological polar surface area (TPSA) is 81.5 Å². The number of thioether (sulfide) groups is 1. The van der Waals surface area contributed by atoms with Crippen LogP contribution < -0.4 is 5.73 Å². The number of allylic oxidation sites excluding steroid dienone is 1. The van der Waals surface area contributed by atoms with E-state index in [2.05, 4.69) is 10.1 Å². The highest BCUT2D eigenvalue weighted by atomic mass is 32.2. The van der Waals surface area contributed by atoms with E-state index in [0.717, 1.165) is 24.3 Å². The Morgan fingerprint density at radius 2 is 1.88 bits per heavy atom. The summed E-state index contributed by atoms with van der Waals surface area (Å²) in [6, 6.07) is 8.28. The number of rotatable bonds is 5. The van der Waals surface area contributed by atoms with Crippen molar-refractivity contribution in [1.82, 2.24) is 5.16 Å². The summed E-state index contributed by atoms with van der Waals surface area (Å²) >= 11 is 0.670. The zero-order valence-corrected chi connectivity index (χ0v) is 18.0. The average Bonchev–Trinajstić information content (AvgIpc) is 3.16. The molecule has 1 aromatic heterocycles. The Hall–Kier alpha value is -3.47. The zero-order chi connectivity index (χ0) is 24.3. The summed E-state index contributed by atoms with van der Waals surface area (Å²) in [7, 11) is 0. The maximum atomic E-state index is 14.6. The summed E-state index contributed by atoms with van der Waals surface area (Å²) in [5.74, 6) is -2.18. The summed E-state index contributed by atoms with van der Waals surface area (Å²) in [6.45, 7) is 1.55. The van der Waals surface area contributed by atoms with E-state index in [1.807, 2.05) is 0 Å². The highest BCUT2D eigenvalue weighted by molar-refractivity contribution is 8.13. The first kappa shape index (κ1) is 24.2. The number of benzene rings is 2. The smallest absolute Gasteiger partial charge is 0.404 e. The molecule has 0 bridgehead atoms. The lowest BCUT2D eigenvalue weighted by Crippen LogP contribution is -2.25. The molecule has 1 heterocycles. The molecule has 0 radical (unpaired) electrons. The van der Waals surface area contributed by atoms with Crippen LogP contribution in [0.1, 0.15) is 21.7 Å². The van der Waals surface area contributed by atoms with Gasteiger partial charge in [-0.15, -0.1) is 0 Å². The lowest BCUT2D eigenvalue weighted by atomic mass is 9.98. The second kappa shape index (κ2) is 9.57. The number of carbonyl (C=O) groups is 1. The van der Waals surface area contributed by atoms with E-state index in [0.29, 0.717) is 23.5 Å². The van der Waals surface area contributed by atoms with E-state index in [-0.39, 0.29) is 16.9 Å². The van der Waals surface area contributed by atoms with Gasteiger partial charge < -0.3 is 10.3 Å². The first-order valence-electron chi connectivity index (χ1n) is 9.26. The number of nitrogens with two attached hydrogens (primary N) is 1. The minimum Gasteiger partial charge on any atom is -0.404 e. The zero-order valence-electron chi connectivity index (χ0n) is 17.2. The van der Waals surface area contributed by atoms with E-state index < -0.39 is 45.5 Å². The van der Waals surface area contributed by atoms with Crippen LogP contribution in [0.25, 0.3) is 16.8 Å². The lowest BCUT2D eigenvalue weighted by molar-refractivity contribution is -0.0571. The normalized spacial score (nSPS) is 12.8. The molecule has 0 aliphatic heterocycles. The van der Waals surface area contributed by atoms with Crippen LogP contribution in [0.3, 0.4) is 0 Å². The van der Waals surface area contributed by atoms with Gasteiger partial charge in [0.05, 0.1) is 11.3 Å². The SMILES string of the molecule is CSC(=O)c1c(-c2c(C)cccc2F)noc1C(=CN)C(=Nc1cccc(F)c1)C(F)(F)F. The number of aliphatic imine (C=N–C) groups is 1. The van der Waals surface area contributed by atoms with Gasteiger partial charge in [-0.3, -0.25) is 4.79 Å². The van der Waals surface area contributed by atoms with E-state index in [1.54, 1.807) is 13.0 Å². The number of halogens is 5. The molecule has 2 N–H and O–H groups in total. The van der Waals surface area contributed by atoms with Crippen LogP contribution in [-0.2, 0) is 0 Å². The molecule has 3 aromatic rings. The highest BCUT2D eigenvalue weighted by Gasteiger charge is 2.42. The molecule has 0 spiro atoms. The number of aryl methyl sites for hydroxylation is 1. The fourth-order valence-electron chi connectivity index (χ4n) is 3.08. The molecule has 5 nitrogen and oxygen atoms in total. The number of hydrogen-bond acceptors (Lipinski definition) is 6. The molecule has 0 aliphatic rings. The van der Waals surface area contributed by atoms with Gasteiger partial charge >= 0.3 is 6.18 Å². The van der Waals surface area contributed by atoms with Crippen LogP contribution in [0.4, 0.5) is 27.6 Å². The number of aromatic nitrogens is 1. The number of nitrogens with zero attached hydrogens (tertiary/aromatic N) is 2. The Labute approximate surface area is 189 Å². The highest BCUT2D eigenvalue weighted by Crippen LogP contribution is 2.38. The third-order valence-electron chi connectivity index (χ3n) is 4.52. The second-order valence-electron chi connectivity index (χ2n) is 6.68. The van der Waals surface area contributed by atoms with E-state index in [1.165, 1.54) is 18.4 Å². The monoisotopic (exact) mass is 481 g/mol. The standard InChI is InChI=1S/C22H16F5N3O2S/c1-11-5-3-8-15(24)16(11)18-17(21(31)33-2)19(32-30-18)14(10-28)20(22(25,26)27)29-13-7-4-6-12(23)9-13/h3-10H,28H2,1-2H3. The molecule has 3 rings (SSSR count). The van der Waals surface area contributed by atoms with Crippen molar-refractivity contribution in [2.75, 3.05) is 6.26 Å². The van der Waals surface area contributed by atoms with Gasteiger partial charge in [-0.25, -0.2) is 13.8 Å². The van der Waals surface area contributed by atoms with Gasteiger partial charge in [-0.05, 0) is 43.0 Å². The van der Waals surface area contributed by atoms with Gasteiger partial charge in [0.1, 0.15) is 22.9 Å². The van der Waals surface area contributed by atoms with E-state index in [9.17, 15) is 26.7 Å². The molecule has 0 unspecified atom stereocenters. The minimum absolute atomic E-state index is 0.100. The predicted octanol–water partition coefficient (Wildman–Crippen LogP) is 6.07. The Morgan fingerprint density at radius 3 is 2.45 bits per heavy atom. The molecule has 0 saturated heterocycles. The average molecular weight is 481 g/mol. The van der Waals surface area contributed by atoms with Crippen LogP contribution in [0, 0.1) is 18.6 Å². The van der Waals surface area contributed by atoms with E-state index >= 15 is 0 Å². The quantitative estimate of drug-likeness (QED) is 0.354. The van der Waals surface area contributed by atoms with Crippen LogP contribution in [-0.4, -0.2) is 28.4 Å². The molecule has 0 amide bonds.